The lowest BCUT2D eigenvalue weighted by atomic mass is 9.77. The minimum absolute atomic E-state index is 0.227. The Morgan fingerprint density at radius 3 is 3.00 bits per heavy atom. The largest absolute Gasteiger partial charge is 0.360 e. The summed E-state index contributed by atoms with van der Waals surface area (Å²) in [6.45, 7) is 2.02. The number of benzene rings is 1. The average molecular weight is 369 g/mol. The van der Waals surface area contributed by atoms with E-state index in [1.54, 1.807) is 19.1 Å². The maximum Gasteiger partial charge on any atom is 0.235 e. The molecule has 27 heavy (non-hydrogen) atoms. The first-order valence-electron chi connectivity index (χ1n) is 8.65. The van der Waals surface area contributed by atoms with Crippen molar-refractivity contribution in [2.24, 2.45) is 11.8 Å². The molecule has 7 nitrogen and oxygen atoms in total. The van der Waals surface area contributed by atoms with Crippen LogP contribution in [0.2, 0.25) is 0 Å². The highest BCUT2D eigenvalue weighted by atomic mass is 19.1. The second-order valence-electron chi connectivity index (χ2n) is 7.12. The van der Waals surface area contributed by atoms with Gasteiger partial charge in [0.05, 0.1) is 24.5 Å². The van der Waals surface area contributed by atoms with Gasteiger partial charge in [0.15, 0.2) is 5.82 Å². The van der Waals surface area contributed by atoms with Crippen LogP contribution in [0.5, 0.6) is 0 Å². The third-order valence-corrected chi connectivity index (χ3v) is 5.39. The number of nitrogens with one attached hydrogen (secondary N) is 1. The molecule has 2 fully saturated rings. The number of aromatic nitrogens is 1. The Balaban J connectivity index is 1.44. The number of halogens is 1. The van der Waals surface area contributed by atoms with Gasteiger partial charge >= 0.3 is 0 Å². The van der Waals surface area contributed by atoms with Crippen molar-refractivity contribution in [3.05, 3.63) is 54.1 Å². The molecular weight excluding hydrogens is 353 g/mol. The molecule has 5 rings (SSSR count). The molecule has 3 aliphatic heterocycles. The van der Waals surface area contributed by atoms with Gasteiger partial charge in [0.25, 0.3) is 0 Å². The molecule has 2 aromatic rings. The van der Waals surface area contributed by atoms with Crippen molar-refractivity contribution in [1.29, 1.82) is 0 Å². The number of hydrogen-bond acceptors (Lipinski definition) is 5. The summed E-state index contributed by atoms with van der Waals surface area (Å²) in [6.07, 6.45) is 3.20. The number of hydrogen-bond donors (Lipinski definition) is 1. The van der Waals surface area contributed by atoms with Gasteiger partial charge in [0.1, 0.15) is 17.2 Å². The molecule has 8 heteroatoms. The van der Waals surface area contributed by atoms with Crippen molar-refractivity contribution in [2.75, 3.05) is 16.8 Å². The number of aryl methyl sites for hydroxylation is 1. The van der Waals surface area contributed by atoms with Gasteiger partial charge in [0, 0.05) is 11.8 Å². The maximum absolute atomic E-state index is 13.4. The number of carbonyl (C=O) groups excluding carboxylic acids is 2. The first-order chi connectivity index (χ1) is 13.0. The zero-order valence-electron chi connectivity index (χ0n) is 14.4. The Morgan fingerprint density at radius 2 is 2.26 bits per heavy atom. The van der Waals surface area contributed by atoms with E-state index in [0.717, 1.165) is 0 Å². The van der Waals surface area contributed by atoms with Crippen LogP contribution in [-0.4, -0.2) is 35.2 Å². The summed E-state index contributed by atoms with van der Waals surface area (Å²) in [6, 6.07) is 7.32. The number of rotatable bonds is 3. The van der Waals surface area contributed by atoms with E-state index in [2.05, 4.69) is 10.5 Å². The van der Waals surface area contributed by atoms with Gasteiger partial charge < -0.3 is 14.6 Å². The normalized spacial score (nSPS) is 30.8. The fraction of sp³-hybridized carbons (Fsp3) is 0.316. The highest BCUT2D eigenvalue weighted by molar-refractivity contribution is 6.05. The zero-order valence-corrected chi connectivity index (χ0v) is 14.4. The van der Waals surface area contributed by atoms with E-state index < -0.39 is 29.4 Å². The predicted octanol–water partition coefficient (Wildman–Crippen LogP) is 2.05. The van der Waals surface area contributed by atoms with Crippen molar-refractivity contribution in [3.8, 4) is 0 Å². The minimum atomic E-state index is -0.849. The molecule has 1 aromatic carbocycles. The molecule has 3 aliphatic rings. The van der Waals surface area contributed by atoms with Crippen LogP contribution in [0.15, 0.2) is 47.0 Å². The lowest BCUT2D eigenvalue weighted by Crippen LogP contribution is -2.41. The molecular formula is C19H16FN3O4. The number of carbonyl (C=O) groups is 2. The van der Waals surface area contributed by atoms with Gasteiger partial charge in [-0.15, -0.1) is 0 Å². The summed E-state index contributed by atoms with van der Waals surface area (Å²) in [5.74, 6) is -1.39. The van der Waals surface area contributed by atoms with Crippen molar-refractivity contribution < 1.29 is 23.2 Å². The maximum atomic E-state index is 13.4. The van der Waals surface area contributed by atoms with Crippen molar-refractivity contribution in [2.45, 2.75) is 18.6 Å². The Hall–Kier alpha value is -3.00. The van der Waals surface area contributed by atoms with Gasteiger partial charge in [-0.3, -0.25) is 14.5 Å². The summed E-state index contributed by atoms with van der Waals surface area (Å²) in [7, 11) is 0. The number of fused-ring (bicyclic) bond motifs is 1. The molecule has 2 amide bonds. The van der Waals surface area contributed by atoms with E-state index in [1.807, 2.05) is 12.2 Å². The second-order valence-corrected chi connectivity index (χ2v) is 7.12. The van der Waals surface area contributed by atoms with Crippen molar-refractivity contribution >= 4 is 23.3 Å². The molecule has 0 radical (unpaired) electrons. The lowest BCUT2D eigenvalue weighted by molar-refractivity contribution is -0.128. The van der Waals surface area contributed by atoms with Crippen LogP contribution in [0.1, 0.15) is 5.76 Å². The third kappa shape index (κ3) is 2.33. The molecule has 4 unspecified atom stereocenters. The van der Waals surface area contributed by atoms with Gasteiger partial charge in [-0.25, -0.2) is 4.39 Å². The summed E-state index contributed by atoms with van der Waals surface area (Å²) in [5.41, 5.74) is -0.506. The molecule has 2 bridgehead atoms. The van der Waals surface area contributed by atoms with E-state index >= 15 is 0 Å². The summed E-state index contributed by atoms with van der Waals surface area (Å²) < 4.78 is 24.5. The van der Waals surface area contributed by atoms with Crippen LogP contribution >= 0.6 is 0 Å². The molecule has 4 atom stereocenters. The van der Waals surface area contributed by atoms with Crippen molar-refractivity contribution in [3.63, 3.8) is 0 Å². The van der Waals surface area contributed by atoms with E-state index in [-0.39, 0.29) is 18.4 Å². The highest BCUT2D eigenvalue weighted by Crippen LogP contribution is 2.52. The number of amides is 2. The second kappa shape index (κ2) is 5.50. The Labute approximate surface area is 153 Å². The Kier molecular flexibility index (Phi) is 3.30. The Morgan fingerprint density at radius 1 is 1.41 bits per heavy atom. The van der Waals surface area contributed by atoms with E-state index in [1.165, 1.54) is 23.1 Å². The number of nitrogens with zero attached hydrogens (tertiary/aromatic N) is 2. The Bertz CT molecular complexity index is 987. The van der Waals surface area contributed by atoms with Gasteiger partial charge in [0.2, 0.25) is 11.8 Å². The van der Waals surface area contributed by atoms with Crippen LogP contribution < -0.4 is 10.2 Å². The highest BCUT2D eigenvalue weighted by Gasteiger charge is 2.67. The first kappa shape index (κ1) is 16.2. The molecule has 0 aliphatic carbocycles. The molecule has 2 saturated heterocycles. The van der Waals surface area contributed by atoms with Crippen LogP contribution in [0.4, 0.5) is 15.9 Å². The molecule has 1 aromatic heterocycles. The van der Waals surface area contributed by atoms with Crippen LogP contribution in [0.25, 0.3) is 0 Å². The molecule has 4 heterocycles. The smallest absolute Gasteiger partial charge is 0.235 e. The van der Waals surface area contributed by atoms with E-state index in [4.69, 9.17) is 9.26 Å². The first-order valence-corrected chi connectivity index (χ1v) is 8.65. The quantitative estimate of drug-likeness (QED) is 0.837. The van der Waals surface area contributed by atoms with Crippen LogP contribution in [0, 0.1) is 24.6 Å². The summed E-state index contributed by atoms with van der Waals surface area (Å²) in [4.78, 5) is 27.5. The fourth-order valence-electron chi connectivity index (χ4n) is 4.26. The monoisotopic (exact) mass is 369 g/mol. The SMILES string of the molecule is Cc1cc(N2CC34C=CC(O3)C(C(=O)Nc3cccc(F)c3)C4C2=O)no1. The van der Waals surface area contributed by atoms with E-state index in [9.17, 15) is 14.0 Å². The van der Waals surface area contributed by atoms with E-state index in [0.29, 0.717) is 17.3 Å². The fourth-order valence-corrected chi connectivity index (χ4v) is 4.26. The van der Waals surface area contributed by atoms with Gasteiger partial charge in [-0.2, -0.15) is 0 Å². The van der Waals surface area contributed by atoms with Crippen LogP contribution in [-0.2, 0) is 14.3 Å². The van der Waals surface area contributed by atoms with Gasteiger partial charge in [-0.1, -0.05) is 23.4 Å². The average Bonchev–Trinajstić information content (AvgIpc) is 3.36. The standard InChI is InChI=1S/C19H16FN3O4/c1-10-7-14(22-27-10)23-9-19-6-5-13(26-19)15(16(19)18(23)25)17(24)21-12-4-2-3-11(20)8-12/h2-8,13,15-16H,9H2,1H3,(H,21,24). The van der Waals surface area contributed by atoms with Gasteiger partial charge in [-0.05, 0) is 25.1 Å². The number of anilines is 2. The predicted molar refractivity (Wildman–Crippen MR) is 92.3 cm³/mol. The lowest BCUT2D eigenvalue weighted by Gasteiger charge is -2.23. The molecule has 0 saturated carbocycles. The third-order valence-electron chi connectivity index (χ3n) is 5.39. The number of ether oxygens (including phenoxy) is 1. The minimum Gasteiger partial charge on any atom is -0.360 e. The topological polar surface area (TPSA) is 84.7 Å². The van der Waals surface area contributed by atoms with Crippen molar-refractivity contribution in [1.82, 2.24) is 5.16 Å². The molecule has 1 N–H and O–H groups in total. The summed E-state index contributed by atoms with van der Waals surface area (Å²) in [5, 5.41) is 6.61. The molecule has 138 valence electrons. The summed E-state index contributed by atoms with van der Waals surface area (Å²) >= 11 is 0. The molecule has 1 spiro atoms. The van der Waals surface area contributed by atoms with Crippen LogP contribution in [0.3, 0.4) is 0 Å². The zero-order chi connectivity index (χ0) is 18.8.